The zero-order chi connectivity index (χ0) is 17.8. The Bertz CT molecular complexity index is 815. The third-order valence-corrected chi connectivity index (χ3v) is 3.75. The van der Waals surface area contributed by atoms with Gasteiger partial charge < -0.3 is 20.0 Å². The lowest BCUT2D eigenvalue weighted by atomic mass is 10.2. The Hall–Kier alpha value is -2.54. The van der Waals surface area contributed by atoms with Crippen molar-refractivity contribution in [3.05, 3.63) is 58.1 Å². The van der Waals surface area contributed by atoms with Crippen LogP contribution in [-0.4, -0.2) is 19.0 Å². The summed E-state index contributed by atoms with van der Waals surface area (Å²) in [7, 11) is 0. The molecule has 0 saturated carbocycles. The van der Waals surface area contributed by atoms with Crippen LogP contribution in [0.4, 0.5) is 8.78 Å². The molecule has 0 bridgehead atoms. The van der Waals surface area contributed by atoms with Gasteiger partial charge in [-0.3, -0.25) is 0 Å². The lowest BCUT2D eigenvalue weighted by Crippen LogP contribution is -2.14. The van der Waals surface area contributed by atoms with E-state index in [1.165, 1.54) is 6.07 Å². The van der Waals surface area contributed by atoms with Crippen LogP contribution in [0.15, 0.2) is 35.5 Å². The Kier molecular flexibility index (Phi) is 5.23. The number of ether oxygens (including phenoxy) is 2. The lowest BCUT2D eigenvalue weighted by Gasteiger charge is -2.11. The van der Waals surface area contributed by atoms with Crippen LogP contribution in [-0.2, 0) is 11.4 Å². The van der Waals surface area contributed by atoms with E-state index in [9.17, 15) is 8.78 Å². The highest BCUT2D eigenvalue weighted by molar-refractivity contribution is 6.32. The van der Waals surface area contributed by atoms with Crippen molar-refractivity contribution in [2.45, 2.75) is 13.0 Å². The van der Waals surface area contributed by atoms with E-state index < -0.39 is 11.6 Å². The van der Waals surface area contributed by atoms with Crippen molar-refractivity contribution in [3.8, 4) is 11.5 Å². The second kappa shape index (κ2) is 7.57. The zero-order valence-electron chi connectivity index (χ0n) is 13.1. The molecule has 0 spiro atoms. The van der Waals surface area contributed by atoms with Crippen LogP contribution < -0.4 is 15.2 Å². The maximum Gasteiger partial charge on any atom is 0.179 e. The summed E-state index contributed by atoms with van der Waals surface area (Å²) in [5.74, 6) is -0.988. The molecule has 0 amide bonds. The van der Waals surface area contributed by atoms with Crippen LogP contribution >= 0.6 is 11.6 Å². The van der Waals surface area contributed by atoms with E-state index in [1.54, 1.807) is 12.1 Å². The molecule has 2 N–H and O–H groups in total. The minimum Gasteiger partial charge on any atom is -0.489 e. The Morgan fingerprint density at radius 3 is 2.76 bits per heavy atom. The van der Waals surface area contributed by atoms with Gasteiger partial charge in [0.2, 0.25) is 0 Å². The summed E-state index contributed by atoms with van der Waals surface area (Å²) in [6, 6.07) is 6.65. The topological polar surface area (TPSA) is 66.1 Å². The molecule has 132 valence electrons. The first kappa shape index (κ1) is 17.3. The van der Waals surface area contributed by atoms with E-state index in [4.69, 9.17) is 31.6 Å². The molecular weight excluding hydrogens is 354 g/mol. The molecule has 0 aromatic heterocycles. The van der Waals surface area contributed by atoms with Crippen molar-refractivity contribution in [1.29, 1.82) is 0 Å². The molecule has 1 aliphatic rings. The molecule has 1 heterocycles. The van der Waals surface area contributed by atoms with Crippen LogP contribution in [0.2, 0.25) is 5.02 Å². The zero-order valence-corrected chi connectivity index (χ0v) is 13.9. The van der Waals surface area contributed by atoms with Gasteiger partial charge in [-0.05, 0) is 35.9 Å². The number of hydrogen-bond acceptors (Lipinski definition) is 4. The number of benzene rings is 2. The first-order valence-electron chi connectivity index (χ1n) is 7.53. The Morgan fingerprint density at radius 2 is 1.96 bits per heavy atom. The van der Waals surface area contributed by atoms with Crippen LogP contribution in [0.25, 0.3) is 0 Å². The SMILES string of the molecule is NC(=NOCc1cc(Cl)c2c(c1)OCCCO2)c1ccc(F)c(F)c1. The minimum atomic E-state index is -1.01. The van der Waals surface area contributed by atoms with E-state index in [0.29, 0.717) is 35.3 Å². The van der Waals surface area contributed by atoms with E-state index in [0.717, 1.165) is 18.6 Å². The summed E-state index contributed by atoms with van der Waals surface area (Å²) in [6.07, 6.45) is 0.770. The third-order valence-electron chi connectivity index (χ3n) is 3.47. The largest absolute Gasteiger partial charge is 0.489 e. The van der Waals surface area contributed by atoms with E-state index in [-0.39, 0.29) is 18.0 Å². The number of halogens is 3. The lowest BCUT2D eigenvalue weighted by molar-refractivity contribution is 0.130. The summed E-state index contributed by atoms with van der Waals surface area (Å²) in [5.41, 5.74) is 6.63. The fourth-order valence-corrected chi connectivity index (χ4v) is 2.54. The highest BCUT2D eigenvalue weighted by Crippen LogP contribution is 2.38. The summed E-state index contributed by atoms with van der Waals surface area (Å²) in [4.78, 5) is 5.18. The first-order valence-corrected chi connectivity index (χ1v) is 7.91. The monoisotopic (exact) mass is 368 g/mol. The summed E-state index contributed by atoms with van der Waals surface area (Å²) < 4.78 is 37.2. The minimum absolute atomic E-state index is 0.0701. The van der Waals surface area contributed by atoms with Gasteiger partial charge in [0.25, 0.3) is 0 Å². The van der Waals surface area contributed by atoms with Gasteiger partial charge in [-0.25, -0.2) is 8.78 Å². The van der Waals surface area contributed by atoms with Crippen molar-refractivity contribution in [3.63, 3.8) is 0 Å². The number of nitrogens with zero attached hydrogens (tertiary/aromatic N) is 1. The van der Waals surface area contributed by atoms with Gasteiger partial charge in [0, 0.05) is 12.0 Å². The Labute approximate surface area is 147 Å². The smallest absolute Gasteiger partial charge is 0.179 e. The number of hydrogen-bond donors (Lipinski definition) is 1. The highest BCUT2D eigenvalue weighted by Gasteiger charge is 2.15. The molecule has 1 aliphatic heterocycles. The van der Waals surface area contributed by atoms with Crippen molar-refractivity contribution < 1.29 is 23.1 Å². The molecule has 0 saturated heterocycles. The standard InChI is InChI=1S/C17H15ClF2N2O3/c18-12-6-10(7-15-16(12)24-5-1-4-23-15)9-25-22-17(21)11-2-3-13(19)14(20)8-11/h2-3,6-8H,1,4-5,9H2,(H2,21,22). The molecule has 0 fully saturated rings. The average molecular weight is 369 g/mol. The summed E-state index contributed by atoms with van der Waals surface area (Å²) in [5, 5.41) is 4.12. The molecule has 25 heavy (non-hydrogen) atoms. The highest BCUT2D eigenvalue weighted by atomic mass is 35.5. The molecule has 3 rings (SSSR count). The van der Waals surface area contributed by atoms with Crippen LogP contribution in [0, 0.1) is 11.6 Å². The third kappa shape index (κ3) is 4.11. The van der Waals surface area contributed by atoms with Crippen molar-refractivity contribution in [2.75, 3.05) is 13.2 Å². The van der Waals surface area contributed by atoms with E-state index >= 15 is 0 Å². The molecule has 0 unspecified atom stereocenters. The summed E-state index contributed by atoms with van der Waals surface area (Å²) in [6.45, 7) is 1.15. The molecule has 0 radical (unpaired) electrons. The van der Waals surface area contributed by atoms with Gasteiger partial charge in [-0.15, -0.1) is 0 Å². The quantitative estimate of drug-likeness (QED) is 0.508. The Morgan fingerprint density at radius 1 is 1.16 bits per heavy atom. The second-order valence-electron chi connectivity index (χ2n) is 5.33. The second-order valence-corrected chi connectivity index (χ2v) is 5.74. The Balaban J connectivity index is 1.70. The fraction of sp³-hybridized carbons (Fsp3) is 0.235. The molecular formula is C17H15ClF2N2O3. The van der Waals surface area contributed by atoms with E-state index in [2.05, 4.69) is 5.16 Å². The molecule has 0 aliphatic carbocycles. The van der Waals surface area contributed by atoms with Gasteiger partial charge in [-0.1, -0.05) is 16.8 Å². The number of oxime groups is 1. The molecule has 8 heteroatoms. The van der Waals surface area contributed by atoms with Crippen LogP contribution in [0.5, 0.6) is 11.5 Å². The van der Waals surface area contributed by atoms with Crippen LogP contribution in [0.3, 0.4) is 0 Å². The van der Waals surface area contributed by atoms with Gasteiger partial charge >= 0.3 is 0 Å². The molecule has 0 atom stereocenters. The van der Waals surface area contributed by atoms with Crippen molar-refractivity contribution in [1.82, 2.24) is 0 Å². The maximum atomic E-state index is 13.2. The number of nitrogens with two attached hydrogens (primary N) is 1. The number of fused-ring (bicyclic) bond motifs is 1. The van der Waals surface area contributed by atoms with Crippen molar-refractivity contribution >= 4 is 17.4 Å². The predicted octanol–water partition coefficient (Wildman–Crippen LogP) is 3.62. The first-order chi connectivity index (χ1) is 12.0. The van der Waals surface area contributed by atoms with Gasteiger partial charge in [0.1, 0.15) is 6.61 Å². The van der Waals surface area contributed by atoms with E-state index in [1.807, 2.05) is 0 Å². The van der Waals surface area contributed by atoms with Crippen LogP contribution in [0.1, 0.15) is 17.5 Å². The molecule has 2 aromatic rings. The maximum absolute atomic E-state index is 13.2. The fourth-order valence-electron chi connectivity index (χ4n) is 2.25. The van der Waals surface area contributed by atoms with Gasteiger partial charge in [0.15, 0.2) is 29.0 Å². The van der Waals surface area contributed by atoms with Gasteiger partial charge in [0.05, 0.1) is 18.2 Å². The number of amidine groups is 1. The van der Waals surface area contributed by atoms with Crippen molar-refractivity contribution in [2.24, 2.45) is 10.9 Å². The summed E-state index contributed by atoms with van der Waals surface area (Å²) >= 11 is 6.19. The normalized spacial score (nSPS) is 14.1. The number of rotatable bonds is 4. The average Bonchev–Trinajstić information content (AvgIpc) is 2.83. The predicted molar refractivity (Wildman–Crippen MR) is 88.9 cm³/mol. The van der Waals surface area contributed by atoms with Gasteiger partial charge in [-0.2, -0.15) is 0 Å². The molecule has 5 nitrogen and oxygen atoms in total. The molecule has 2 aromatic carbocycles.